The van der Waals surface area contributed by atoms with Crippen LogP contribution >= 0.6 is 15.9 Å². The lowest BCUT2D eigenvalue weighted by molar-refractivity contribution is 0.102. The highest BCUT2D eigenvalue weighted by atomic mass is 79.9. The molecule has 0 spiro atoms. The van der Waals surface area contributed by atoms with E-state index in [0.29, 0.717) is 18.1 Å². The predicted molar refractivity (Wildman–Crippen MR) is 95.7 cm³/mol. The van der Waals surface area contributed by atoms with Gasteiger partial charge in [-0.05, 0) is 48.0 Å². The van der Waals surface area contributed by atoms with Crippen LogP contribution in [0.3, 0.4) is 0 Å². The molecule has 0 saturated heterocycles. The monoisotopic (exact) mass is 383 g/mol. The van der Waals surface area contributed by atoms with Crippen LogP contribution in [0.2, 0.25) is 0 Å². The van der Waals surface area contributed by atoms with Crippen molar-refractivity contribution in [3.05, 3.63) is 76.7 Å². The Labute approximate surface area is 147 Å². The molecule has 0 saturated carbocycles. The lowest BCUT2D eigenvalue weighted by Crippen LogP contribution is -2.14. The summed E-state index contributed by atoms with van der Waals surface area (Å²) in [7, 11) is 0. The fraction of sp³-hybridized carbons (Fsp3) is 0.0588. The molecule has 0 aliphatic rings. The molecule has 3 aromatic rings. The molecular formula is C17H14BrN5O. The SMILES string of the molecule is O=C(Nc1cccc(Br)c1)c1ccc(NCc2ccncc2)nn1. The Bertz CT molecular complexity index is 824. The molecule has 1 amide bonds. The second kappa shape index (κ2) is 7.65. The molecule has 0 aliphatic carbocycles. The number of carbonyl (C=O) groups is 1. The molecule has 0 fully saturated rings. The standard InChI is InChI=1S/C17H14BrN5O/c18-13-2-1-3-14(10-13)21-17(24)15-4-5-16(23-22-15)20-11-12-6-8-19-9-7-12/h1-10H,11H2,(H,20,23)(H,21,24). The van der Waals surface area contributed by atoms with Gasteiger partial charge in [-0.25, -0.2) is 0 Å². The van der Waals surface area contributed by atoms with Gasteiger partial charge < -0.3 is 10.6 Å². The van der Waals surface area contributed by atoms with E-state index in [1.807, 2.05) is 30.3 Å². The normalized spacial score (nSPS) is 10.2. The number of hydrogen-bond acceptors (Lipinski definition) is 5. The van der Waals surface area contributed by atoms with Gasteiger partial charge in [0.15, 0.2) is 5.69 Å². The van der Waals surface area contributed by atoms with Crippen molar-refractivity contribution in [2.75, 3.05) is 10.6 Å². The summed E-state index contributed by atoms with van der Waals surface area (Å²) in [6.07, 6.45) is 3.47. The third kappa shape index (κ3) is 4.36. The molecule has 24 heavy (non-hydrogen) atoms. The molecule has 0 unspecified atom stereocenters. The number of nitrogens with zero attached hydrogens (tertiary/aromatic N) is 3. The highest BCUT2D eigenvalue weighted by molar-refractivity contribution is 9.10. The quantitative estimate of drug-likeness (QED) is 0.704. The molecular weight excluding hydrogens is 370 g/mol. The third-order valence-electron chi connectivity index (χ3n) is 3.20. The molecule has 3 rings (SSSR count). The number of pyridine rings is 1. The Morgan fingerprint density at radius 1 is 1.04 bits per heavy atom. The number of carbonyl (C=O) groups excluding carboxylic acids is 1. The average molecular weight is 384 g/mol. The van der Waals surface area contributed by atoms with Crippen LogP contribution in [0, 0.1) is 0 Å². The summed E-state index contributed by atoms with van der Waals surface area (Å²) in [6, 6.07) is 14.5. The van der Waals surface area contributed by atoms with E-state index in [4.69, 9.17) is 0 Å². The van der Waals surface area contributed by atoms with Gasteiger partial charge in [0.1, 0.15) is 5.82 Å². The van der Waals surface area contributed by atoms with Crippen molar-refractivity contribution in [2.45, 2.75) is 6.54 Å². The highest BCUT2D eigenvalue weighted by Crippen LogP contribution is 2.16. The fourth-order valence-corrected chi connectivity index (χ4v) is 2.40. The van der Waals surface area contributed by atoms with Gasteiger partial charge in [0.2, 0.25) is 0 Å². The Balaban J connectivity index is 1.60. The molecule has 2 N–H and O–H groups in total. The maximum atomic E-state index is 12.2. The van der Waals surface area contributed by atoms with Crippen LogP contribution in [0.5, 0.6) is 0 Å². The first kappa shape index (κ1) is 16.1. The number of aromatic nitrogens is 3. The molecule has 0 aliphatic heterocycles. The highest BCUT2D eigenvalue weighted by Gasteiger charge is 2.09. The van der Waals surface area contributed by atoms with Gasteiger partial charge in [-0.3, -0.25) is 9.78 Å². The molecule has 0 atom stereocenters. The van der Waals surface area contributed by atoms with Gasteiger partial charge in [-0.1, -0.05) is 22.0 Å². The van der Waals surface area contributed by atoms with E-state index in [2.05, 4.69) is 41.7 Å². The summed E-state index contributed by atoms with van der Waals surface area (Å²) < 4.78 is 0.891. The lowest BCUT2D eigenvalue weighted by Gasteiger charge is -2.07. The average Bonchev–Trinajstić information content (AvgIpc) is 2.61. The first-order chi connectivity index (χ1) is 11.7. The zero-order chi connectivity index (χ0) is 16.8. The van der Waals surface area contributed by atoms with E-state index in [1.54, 1.807) is 30.6 Å². The number of rotatable bonds is 5. The molecule has 1 aromatic carbocycles. The predicted octanol–water partition coefficient (Wildman–Crippen LogP) is 3.50. The van der Waals surface area contributed by atoms with Crippen molar-refractivity contribution in [1.29, 1.82) is 0 Å². The van der Waals surface area contributed by atoms with E-state index < -0.39 is 0 Å². The molecule has 2 heterocycles. The van der Waals surface area contributed by atoms with Gasteiger partial charge in [0.25, 0.3) is 5.91 Å². The second-order valence-corrected chi connectivity index (χ2v) is 5.89. The number of hydrogen-bond donors (Lipinski definition) is 2. The lowest BCUT2D eigenvalue weighted by atomic mass is 10.2. The Kier molecular flexibility index (Phi) is 5.12. The summed E-state index contributed by atoms with van der Waals surface area (Å²) >= 11 is 3.36. The number of benzene rings is 1. The van der Waals surface area contributed by atoms with Gasteiger partial charge in [-0.15, -0.1) is 10.2 Å². The van der Waals surface area contributed by atoms with Crippen LogP contribution in [-0.4, -0.2) is 21.1 Å². The number of nitrogens with one attached hydrogen (secondary N) is 2. The minimum absolute atomic E-state index is 0.254. The van der Waals surface area contributed by atoms with E-state index in [0.717, 1.165) is 10.0 Å². The summed E-state index contributed by atoms with van der Waals surface area (Å²) in [5.74, 6) is 0.298. The zero-order valence-electron chi connectivity index (χ0n) is 12.6. The maximum Gasteiger partial charge on any atom is 0.276 e. The smallest absolute Gasteiger partial charge is 0.276 e. The molecule has 7 heteroatoms. The first-order valence-electron chi connectivity index (χ1n) is 7.24. The molecule has 2 aromatic heterocycles. The summed E-state index contributed by atoms with van der Waals surface area (Å²) in [4.78, 5) is 16.1. The Morgan fingerprint density at radius 3 is 2.58 bits per heavy atom. The minimum Gasteiger partial charge on any atom is -0.365 e. The summed E-state index contributed by atoms with van der Waals surface area (Å²) in [5.41, 5.74) is 2.03. The molecule has 0 radical (unpaired) electrons. The van der Waals surface area contributed by atoms with E-state index in [-0.39, 0.29) is 11.6 Å². The summed E-state index contributed by atoms with van der Waals surface area (Å²) in [6.45, 7) is 0.612. The van der Waals surface area contributed by atoms with Crippen LogP contribution in [0.4, 0.5) is 11.5 Å². The molecule has 0 bridgehead atoms. The van der Waals surface area contributed by atoms with Crippen molar-refractivity contribution in [3.8, 4) is 0 Å². The van der Waals surface area contributed by atoms with Crippen LogP contribution in [-0.2, 0) is 6.54 Å². The van der Waals surface area contributed by atoms with Gasteiger partial charge in [-0.2, -0.15) is 0 Å². The van der Waals surface area contributed by atoms with Crippen LogP contribution in [0.1, 0.15) is 16.1 Å². The number of anilines is 2. The van der Waals surface area contributed by atoms with Crippen LogP contribution in [0.15, 0.2) is 65.4 Å². The van der Waals surface area contributed by atoms with Crippen LogP contribution in [0.25, 0.3) is 0 Å². The van der Waals surface area contributed by atoms with Gasteiger partial charge in [0.05, 0.1) is 0 Å². The van der Waals surface area contributed by atoms with Gasteiger partial charge >= 0.3 is 0 Å². The van der Waals surface area contributed by atoms with Crippen molar-refractivity contribution >= 4 is 33.3 Å². The van der Waals surface area contributed by atoms with Crippen LogP contribution < -0.4 is 10.6 Å². The van der Waals surface area contributed by atoms with Gasteiger partial charge in [0, 0.05) is 29.1 Å². The van der Waals surface area contributed by atoms with Crippen molar-refractivity contribution < 1.29 is 4.79 Å². The largest absolute Gasteiger partial charge is 0.365 e. The first-order valence-corrected chi connectivity index (χ1v) is 8.03. The number of amides is 1. The molecule has 6 nitrogen and oxygen atoms in total. The van der Waals surface area contributed by atoms with E-state index >= 15 is 0 Å². The Morgan fingerprint density at radius 2 is 1.88 bits per heavy atom. The van der Waals surface area contributed by atoms with Crippen molar-refractivity contribution in [2.24, 2.45) is 0 Å². The Hall–Kier alpha value is -2.80. The summed E-state index contributed by atoms with van der Waals surface area (Å²) in [5, 5.41) is 13.9. The fourth-order valence-electron chi connectivity index (χ4n) is 2.00. The minimum atomic E-state index is -0.304. The topological polar surface area (TPSA) is 79.8 Å². The zero-order valence-corrected chi connectivity index (χ0v) is 14.2. The maximum absolute atomic E-state index is 12.2. The number of halogens is 1. The van der Waals surface area contributed by atoms with E-state index in [1.165, 1.54) is 0 Å². The van der Waals surface area contributed by atoms with Crippen molar-refractivity contribution in [1.82, 2.24) is 15.2 Å². The second-order valence-electron chi connectivity index (χ2n) is 4.98. The molecule has 120 valence electrons. The van der Waals surface area contributed by atoms with E-state index in [9.17, 15) is 4.79 Å². The third-order valence-corrected chi connectivity index (χ3v) is 3.70. The van der Waals surface area contributed by atoms with Crippen molar-refractivity contribution in [3.63, 3.8) is 0 Å².